The summed E-state index contributed by atoms with van der Waals surface area (Å²) in [4.78, 5) is 11.6. The Balaban J connectivity index is 2.28. The summed E-state index contributed by atoms with van der Waals surface area (Å²) in [6.45, 7) is 8.48. The number of hydrogen-bond acceptors (Lipinski definition) is 3. The molecule has 134 valence electrons. The summed E-state index contributed by atoms with van der Waals surface area (Å²) in [6, 6.07) is 11.6. The third-order valence-corrected chi connectivity index (χ3v) is 5.33. The van der Waals surface area contributed by atoms with Gasteiger partial charge in [-0.05, 0) is 67.1 Å². The number of carbonyl (C=O) groups excluding carboxylic acids is 1. The molecule has 3 nitrogen and oxygen atoms in total. The van der Waals surface area contributed by atoms with Crippen molar-refractivity contribution in [1.29, 1.82) is 0 Å². The van der Waals surface area contributed by atoms with Gasteiger partial charge in [-0.15, -0.1) is 0 Å². The Morgan fingerprint density at radius 3 is 2.12 bits per heavy atom. The third-order valence-electron chi connectivity index (χ3n) is 4.08. The molecular weight excluding hydrogens is 380 g/mol. The molecule has 1 unspecified atom stereocenters. The van der Waals surface area contributed by atoms with Crippen molar-refractivity contribution in [2.45, 2.75) is 40.2 Å². The van der Waals surface area contributed by atoms with Crippen LogP contribution in [0.1, 0.15) is 53.4 Å². The van der Waals surface area contributed by atoms with Crippen LogP contribution in [0.2, 0.25) is 0 Å². The first-order valence-electron chi connectivity index (χ1n) is 8.43. The molecule has 0 saturated carbocycles. The Morgan fingerprint density at radius 1 is 1.08 bits per heavy atom. The van der Waals surface area contributed by atoms with Gasteiger partial charge in [0.2, 0.25) is 0 Å². The van der Waals surface area contributed by atoms with Gasteiger partial charge in [0.05, 0.1) is 12.7 Å². The van der Waals surface area contributed by atoms with E-state index in [-0.39, 0.29) is 12.1 Å². The van der Waals surface area contributed by atoms with Gasteiger partial charge in [-0.1, -0.05) is 41.9 Å². The van der Waals surface area contributed by atoms with Gasteiger partial charge in [0.15, 0.2) is 0 Å². The molecule has 0 spiro atoms. The van der Waals surface area contributed by atoms with Crippen LogP contribution in [0.4, 0.5) is 0 Å². The SMILES string of the molecule is COC(=O)c1ccc(C(CC(C)C)Oc2cc(C)c(Br)c(C)c2)cc1. The molecule has 0 aromatic heterocycles. The molecule has 0 aliphatic rings. The minimum absolute atomic E-state index is 0.0633. The fourth-order valence-corrected chi connectivity index (χ4v) is 3.00. The van der Waals surface area contributed by atoms with Crippen molar-refractivity contribution >= 4 is 21.9 Å². The van der Waals surface area contributed by atoms with Gasteiger partial charge in [0.1, 0.15) is 11.9 Å². The molecule has 0 aliphatic carbocycles. The number of benzene rings is 2. The van der Waals surface area contributed by atoms with Gasteiger partial charge in [-0.25, -0.2) is 4.79 Å². The fourth-order valence-electron chi connectivity index (χ4n) is 2.77. The van der Waals surface area contributed by atoms with Crippen molar-refractivity contribution in [3.05, 3.63) is 63.1 Å². The molecule has 0 aliphatic heterocycles. The first kappa shape index (κ1) is 19.5. The first-order chi connectivity index (χ1) is 11.8. The van der Waals surface area contributed by atoms with E-state index in [1.54, 1.807) is 12.1 Å². The maximum Gasteiger partial charge on any atom is 0.337 e. The number of carbonyl (C=O) groups is 1. The summed E-state index contributed by atoms with van der Waals surface area (Å²) in [7, 11) is 1.39. The second kappa shape index (κ2) is 8.52. The first-order valence-corrected chi connectivity index (χ1v) is 9.22. The van der Waals surface area contributed by atoms with Crippen LogP contribution in [0.25, 0.3) is 0 Å². The summed E-state index contributed by atoms with van der Waals surface area (Å²) in [5.74, 6) is 1.02. The number of ether oxygens (including phenoxy) is 2. The number of rotatable bonds is 6. The van der Waals surface area contributed by atoms with Gasteiger partial charge < -0.3 is 9.47 Å². The molecule has 0 heterocycles. The highest BCUT2D eigenvalue weighted by Gasteiger charge is 2.17. The quantitative estimate of drug-likeness (QED) is 0.552. The Labute approximate surface area is 158 Å². The molecular formula is C21H25BrO3. The lowest BCUT2D eigenvalue weighted by Crippen LogP contribution is -2.11. The molecule has 1 atom stereocenters. The molecule has 2 aromatic rings. The van der Waals surface area contributed by atoms with E-state index in [1.807, 2.05) is 24.3 Å². The van der Waals surface area contributed by atoms with Crippen LogP contribution >= 0.6 is 15.9 Å². The van der Waals surface area contributed by atoms with Crippen LogP contribution in [0.15, 0.2) is 40.9 Å². The second-order valence-electron chi connectivity index (χ2n) is 6.72. The van der Waals surface area contributed by atoms with E-state index in [0.717, 1.165) is 33.3 Å². The summed E-state index contributed by atoms with van der Waals surface area (Å²) >= 11 is 3.59. The zero-order valence-corrected chi connectivity index (χ0v) is 17.0. The highest BCUT2D eigenvalue weighted by atomic mass is 79.9. The van der Waals surface area contributed by atoms with Crippen LogP contribution < -0.4 is 4.74 Å². The van der Waals surface area contributed by atoms with Gasteiger partial charge in [0.25, 0.3) is 0 Å². The lowest BCUT2D eigenvalue weighted by molar-refractivity contribution is 0.0600. The molecule has 2 aromatic carbocycles. The average Bonchev–Trinajstić information content (AvgIpc) is 2.58. The van der Waals surface area contributed by atoms with Crippen LogP contribution in [0.5, 0.6) is 5.75 Å². The molecule has 0 bridgehead atoms. The van der Waals surface area contributed by atoms with Crippen molar-refractivity contribution in [2.24, 2.45) is 5.92 Å². The largest absolute Gasteiger partial charge is 0.486 e. The smallest absolute Gasteiger partial charge is 0.337 e. The van der Waals surface area contributed by atoms with Gasteiger partial charge in [-0.3, -0.25) is 0 Å². The predicted octanol–water partition coefficient (Wildman–Crippen LogP) is 6.02. The Kier molecular flexibility index (Phi) is 6.65. The summed E-state index contributed by atoms with van der Waals surface area (Å²) in [6.07, 6.45) is 0.831. The van der Waals surface area contributed by atoms with E-state index in [1.165, 1.54) is 7.11 Å². The van der Waals surface area contributed by atoms with Crippen LogP contribution in [0, 0.1) is 19.8 Å². The molecule has 0 radical (unpaired) electrons. The van der Waals surface area contributed by atoms with E-state index in [2.05, 4.69) is 43.6 Å². The minimum atomic E-state index is -0.327. The van der Waals surface area contributed by atoms with Crippen molar-refractivity contribution < 1.29 is 14.3 Å². The standard InChI is InChI=1S/C21H25BrO3/c1-13(2)10-19(16-6-8-17(9-7-16)21(23)24-5)25-18-11-14(3)20(22)15(4)12-18/h6-9,11-13,19H,10H2,1-5H3. The summed E-state index contributed by atoms with van der Waals surface area (Å²) < 4.78 is 12.2. The van der Waals surface area contributed by atoms with E-state index < -0.39 is 0 Å². The molecule has 0 amide bonds. The highest BCUT2D eigenvalue weighted by Crippen LogP contribution is 2.32. The number of methoxy groups -OCH3 is 1. The van der Waals surface area contributed by atoms with Gasteiger partial charge in [-0.2, -0.15) is 0 Å². The number of halogens is 1. The molecule has 0 saturated heterocycles. The van der Waals surface area contributed by atoms with Crippen LogP contribution in [0.3, 0.4) is 0 Å². The molecule has 25 heavy (non-hydrogen) atoms. The monoisotopic (exact) mass is 404 g/mol. The van der Waals surface area contributed by atoms with Crippen molar-refractivity contribution in [1.82, 2.24) is 0 Å². The Bertz CT molecular complexity index is 712. The minimum Gasteiger partial charge on any atom is -0.486 e. The number of hydrogen-bond donors (Lipinski definition) is 0. The summed E-state index contributed by atoms with van der Waals surface area (Å²) in [5.41, 5.74) is 3.91. The lowest BCUT2D eigenvalue weighted by atomic mass is 9.98. The second-order valence-corrected chi connectivity index (χ2v) is 7.51. The Morgan fingerprint density at radius 2 is 1.64 bits per heavy atom. The van der Waals surface area contributed by atoms with Crippen LogP contribution in [-0.2, 0) is 4.74 Å². The van der Waals surface area contributed by atoms with Crippen molar-refractivity contribution in [3.63, 3.8) is 0 Å². The molecule has 2 rings (SSSR count). The van der Waals surface area contributed by atoms with Crippen LogP contribution in [-0.4, -0.2) is 13.1 Å². The fraction of sp³-hybridized carbons (Fsp3) is 0.381. The van der Waals surface area contributed by atoms with Crippen molar-refractivity contribution in [2.75, 3.05) is 7.11 Å². The van der Waals surface area contributed by atoms with E-state index >= 15 is 0 Å². The van der Waals surface area contributed by atoms with E-state index in [9.17, 15) is 4.79 Å². The maximum absolute atomic E-state index is 11.6. The van der Waals surface area contributed by atoms with Gasteiger partial charge >= 0.3 is 5.97 Å². The van der Waals surface area contributed by atoms with Gasteiger partial charge in [0, 0.05) is 4.47 Å². The lowest BCUT2D eigenvalue weighted by Gasteiger charge is -2.22. The number of aryl methyl sites for hydroxylation is 2. The zero-order valence-electron chi connectivity index (χ0n) is 15.4. The molecule has 0 N–H and O–H groups in total. The highest BCUT2D eigenvalue weighted by molar-refractivity contribution is 9.10. The normalized spacial score (nSPS) is 12.1. The third kappa shape index (κ3) is 5.08. The predicted molar refractivity (Wildman–Crippen MR) is 104 cm³/mol. The topological polar surface area (TPSA) is 35.5 Å². The maximum atomic E-state index is 11.6. The molecule has 4 heteroatoms. The molecule has 0 fully saturated rings. The average molecular weight is 405 g/mol. The summed E-state index contributed by atoms with van der Waals surface area (Å²) in [5, 5.41) is 0. The Hall–Kier alpha value is -1.81. The zero-order chi connectivity index (χ0) is 18.6. The van der Waals surface area contributed by atoms with E-state index in [4.69, 9.17) is 9.47 Å². The van der Waals surface area contributed by atoms with Crippen molar-refractivity contribution in [3.8, 4) is 5.75 Å². The van der Waals surface area contributed by atoms with E-state index in [0.29, 0.717) is 11.5 Å². The number of esters is 1.